The fourth-order valence-electron chi connectivity index (χ4n) is 2.70. The second-order valence-corrected chi connectivity index (χ2v) is 8.18. The molecule has 0 fully saturated rings. The summed E-state index contributed by atoms with van der Waals surface area (Å²) in [6, 6.07) is 12.6. The van der Waals surface area contributed by atoms with Gasteiger partial charge in [0, 0.05) is 22.4 Å². The van der Waals surface area contributed by atoms with E-state index < -0.39 is 10.0 Å². The van der Waals surface area contributed by atoms with E-state index in [0.29, 0.717) is 22.0 Å². The molecule has 3 rings (SSSR count). The maximum Gasteiger partial charge on any atom is 0.241 e. The maximum absolute atomic E-state index is 12.6. The molecular weight excluding hydrogens is 358 g/mol. The Hall–Kier alpha value is -2.02. The van der Waals surface area contributed by atoms with E-state index in [9.17, 15) is 8.42 Å². The zero-order valence-corrected chi connectivity index (χ0v) is 15.7. The highest BCUT2D eigenvalue weighted by Gasteiger charge is 2.20. The minimum atomic E-state index is -3.61. The van der Waals surface area contributed by atoms with Gasteiger partial charge in [-0.25, -0.2) is 13.1 Å². The van der Waals surface area contributed by atoms with Gasteiger partial charge in [-0.2, -0.15) is 0 Å². The Morgan fingerprint density at radius 3 is 2.40 bits per heavy atom. The van der Waals surface area contributed by atoms with Crippen LogP contribution in [0.2, 0.25) is 5.15 Å². The zero-order chi connectivity index (χ0) is 18.2. The van der Waals surface area contributed by atoms with Crippen LogP contribution in [-0.2, 0) is 10.0 Å². The summed E-state index contributed by atoms with van der Waals surface area (Å²) in [6.45, 7) is 5.34. The molecule has 0 aliphatic carbocycles. The molecule has 1 heterocycles. The number of nitrogens with one attached hydrogen (secondary N) is 1. The van der Waals surface area contributed by atoms with Crippen LogP contribution in [-0.4, -0.2) is 24.7 Å². The minimum absolute atomic E-state index is 0.191. The second kappa shape index (κ2) is 6.71. The van der Waals surface area contributed by atoms with Crippen LogP contribution < -0.4 is 4.72 Å². The normalized spacial score (nSPS) is 12.0. The van der Waals surface area contributed by atoms with Crippen molar-refractivity contribution in [1.82, 2.24) is 14.9 Å². The molecule has 25 heavy (non-hydrogen) atoms. The molecule has 0 unspecified atom stereocenters. The molecule has 0 atom stereocenters. The predicted octanol–water partition coefficient (Wildman–Crippen LogP) is 3.95. The molecule has 0 radical (unpaired) electrons. The van der Waals surface area contributed by atoms with Crippen molar-refractivity contribution in [2.24, 2.45) is 0 Å². The van der Waals surface area contributed by atoms with E-state index >= 15 is 0 Å². The van der Waals surface area contributed by atoms with Gasteiger partial charge in [0.2, 0.25) is 10.0 Å². The molecule has 130 valence electrons. The molecule has 1 N–H and O–H groups in total. The van der Waals surface area contributed by atoms with Gasteiger partial charge in [0.25, 0.3) is 0 Å². The number of halogens is 1. The summed E-state index contributed by atoms with van der Waals surface area (Å²) in [5.74, 6) is 0. The average Bonchev–Trinajstić information content (AvgIpc) is 2.55. The lowest BCUT2D eigenvalue weighted by molar-refractivity contribution is 0.569. The van der Waals surface area contributed by atoms with Crippen LogP contribution in [0.15, 0.2) is 47.4 Å². The Balaban J connectivity index is 2.21. The highest BCUT2D eigenvalue weighted by molar-refractivity contribution is 7.89. The van der Waals surface area contributed by atoms with Gasteiger partial charge in [-0.15, -0.1) is 10.2 Å². The number of aryl methyl sites for hydroxylation is 1. The van der Waals surface area contributed by atoms with E-state index in [2.05, 4.69) is 14.9 Å². The third-order valence-corrected chi connectivity index (χ3v) is 5.86. The predicted molar refractivity (Wildman–Crippen MR) is 100 cm³/mol. The monoisotopic (exact) mass is 375 g/mol. The molecule has 0 aliphatic rings. The third-order valence-electron chi connectivity index (χ3n) is 3.78. The molecular formula is C18H18ClN3O2S. The number of rotatable bonds is 4. The Bertz CT molecular complexity index is 1050. The Morgan fingerprint density at radius 1 is 1.04 bits per heavy atom. The van der Waals surface area contributed by atoms with Gasteiger partial charge in [0.15, 0.2) is 5.15 Å². The second-order valence-electron chi connectivity index (χ2n) is 6.14. The quantitative estimate of drug-likeness (QED) is 0.749. The van der Waals surface area contributed by atoms with Crippen LogP contribution in [0.25, 0.3) is 22.0 Å². The lowest BCUT2D eigenvalue weighted by Gasteiger charge is -2.13. The van der Waals surface area contributed by atoms with Gasteiger partial charge in [0.05, 0.1) is 4.90 Å². The Kier molecular flexibility index (Phi) is 4.77. The van der Waals surface area contributed by atoms with Crippen LogP contribution >= 0.6 is 11.6 Å². The summed E-state index contributed by atoms with van der Waals surface area (Å²) in [7, 11) is -3.61. The van der Waals surface area contributed by atoms with Crippen molar-refractivity contribution in [3.63, 3.8) is 0 Å². The molecule has 1 aromatic heterocycles. The Labute approximate surface area is 152 Å². The van der Waals surface area contributed by atoms with Gasteiger partial charge in [-0.3, -0.25) is 0 Å². The van der Waals surface area contributed by atoms with E-state index in [0.717, 1.165) is 10.8 Å². The van der Waals surface area contributed by atoms with E-state index in [1.54, 1.807) is 32.9 Å². The number of sulfonamides is 1. The molecule has 0 bridgehead atoms. The first kappa shape index (κ1) is 17.8. The van der Waals surface area contributed by atoms with Crippen molar-refractivity contribution in [3.05, 3.63) is 53.2 Å². The molecule has 0 aliphatic heterocycles. The van der Waals surface area contributed by atoms with Crippen molar-refractivity contribution in [2.45, 2.75) is 31.7 Å². The van der Waals surface area contributed by atoms with E-state index in [1.807, 2.05) is 30.3 Å². The fourth-order valence-corrected chi connectivity index (χ4v) is 4.42. The van der Waals surface area contributed by atoms with Crippen molar-refractivity contribution < 1.29 is 8.42 Å². The van der Waals surface area contributed by atoms with Crippen LogP contribution in [0.3, 0.4) is 0 Å². The lowest BCUT2D eigenvalue weighted by Crippen LogP contribution is -2.30. The van der Waals surface area contributed by atoms with Crippen LogP contribution in [0.4, 0.5) is 0 Å². The van der Waals surface area contributed by atoms with Gasteiger partial charge in [0.1, 0.15) is 5.69 Å². The first-order valence-electron chi connectivity index (χ1n) is 7.84. The Morgan fingerprint density at radius 2 is 1.72 bits per heavy atom. The summed E-state index contributed by atoms with van der Waals surface area (Å²) in [5.41, 5.74) is 1.94. The summed E-state index contributed by atoms with van der Waals surface area (Å²) < 4.78 is 27.8. The minimum Gasteiger partial charge on any atom is -0.209 e. The SMILES string of the molecule is Cc1ccc(-c2nnc(Cl)c3ccccc23)cc1S(=O)(=O)NC(C)C. The highest BCUT2D eigenvalue weighted by atomic mass is 35.5. The summed E-state index contributed by atoms with van der Waals surface area (Å²) in [4.78, 5) is 0.236. The third kappa shape index (κ3) is 3.51. The van der Waals surface area contributed by atoms with Gasteiger partial charge in [-0.05, 0) is 32.4 Å². The van der Waals surface area contributed by atoms with Crippen LogP contribution in [0, 0.1) is 6.92 Å². The number of hydrogen-bond donors (Lipinski definition) is 1. The number of aromatic nitrogens is 2. The van der Waals surface area contributed by atoms with E-state index in [-0.39, 0.29) is 10.9 Å². The molecule has 0 saturated heterocycles. The van der Waals surface area contributed by atoms with Gasteiger partial charge >= 0.3 is 0 Å². The standard InChI is InChI=1S/C18H18ClN3O2S/c1-11(2)22-25(23,24)16-10-13(9-8-12(16)3)17-14-6-4-5-7-15(14)18(19)21-20-17/h4-11,22H,1-3H3. The average molecular weight is 376 g/mol. The smallest absolute Gasteiger partial charge is 0.209 e. The first-order valence-corrected chi connectivity index (χ1v) is 9.70. The summed E-state index contributed by atoms with van der Waals surface area (Å²) >= 11 is 6.12. The lowest BCUT2D eigenvalue weighted by atomic mass is 10.0. The van der Waals surface area contributed by atoms with Crippen molar-refractivity contribution >= 4 is 32.4 Å². The fraction of sp³-hybridized carbons (Fsp3) is 0.222. The molecule has 3 aromatic rings. The molecule has 0 saturated carbocycles. The van der Waals surface area contributed by atoms with Crippen molar-refractivity contribution in [1.29, 1.82) is 0 Å². The molecule has 7 heteroatoms. The van der Waals surface area contributed by atoms with Gasteiger partial charge in [-0.1, -0.05) is 48.0 Å². The number of fused-ring (bicyclic) bond motifs is 1. The molecule has 0 spiro atoms. The first-order chi connectivity index (χ1) is 11.8. The highest BCUT2D eigenvalue weighted by Crippen LogP contribution is 2.31. The van der Waals surface area contributed by atoms with E-state index in [4.69, 9.17) is 11.6 Å². The van der Waals surface area contributed by atoms with Crippen molar-refractivity contribution in [3.8, 4) is 11.3 Å². The zero-order valence-electron chi connectivity index (χ0n) is 14.1. The van der Waals surface area contributed by atoms with Gasteiger partial charge < -0.3 is 0 Å². The molecule has 5 nitrogen and oxygen atoms in total. The summed E-state index contributed by atoms with van der Waals surface area (Å²) in [6.07, 6.45) is 0. The maximum atomic E-state index is 12.6. The number of benzene rings is 2. The van der Waals surface area contributed by atoms with Crippen LogP contribution in [0.5, 0.6) is 0 Å². The number of nitrogens with zero attached hydrogens (tertiary/aromatic N) is 2. The summed E-state index contributed by atoms with van der Waals surface area (Å²) in [5, 5.41) is 10.1. The topological polar surface area (TPSA) is 72.0 Å². The van der Waals surface area contributed by atoms with Crippen molar-refractivity contribution in [2.75, 3.05) is 0 Å². The molecule has 0 amide bonds. The largest absolute Gasteiger partial charge is 0.241 e. The van der Waals surface area contributed by atoms with Crippen LogP contribution in [0.1, 0.15) is 19.4 Å². The molecule has 2 aromatic carbocycles. The number of hydrogen-bond acceptors (Lipinski definition) is 4. The van der Waals surface area contributed by atoms with E-state index in [1.165, 1.54) is 0 Å².